The Bertz CT molecular complexity index is 561. The number of aliphatic imine (C=N–C) groups is 1. The van der Waals surface area contributed by atoms with E-state index >= 15 is 0 Å². The van der Waals surface area contributed by atoms with Crippen LogP contribution in [0.3, 0.4) is 0 Å². The Labute approximate surface area is 183 Å². The molecule has 0 aliphatic carbocycles. The van der Waals surface area contributed by atoms with Gasteiger partial charge in [-0.05, 0) is 44.6 Å². The van der Waals surface area contributed by atoms with Gasteiger partial charge < -0.3 is 10.2 Å². The molecule has 1 heterocycles. The standard InChI is InChI=1S/C22H36N4.HI/c1-5-7-11-14-25(4)22(23-6-2)24-16-21-15-19(3)26(18-21)17-20-12-9-8-10-13-20;/h5,8-10,12-13,19,21H,1,6-7,11,14-18H2,2-4H3,(H,23,24);1H. The molecular weight excluding hydrogens is 447 g/mol. The molecule has 5 heteroatoms. The minimum absolute atomic E-state index is 0. The lowest BCUT2D eigenvalue weighted by Gasteiger charge is -2.22. The van der Waals surface area contributed by atoms with Gasteiger partial charge in [-0.1, -0.05) is 36.4 Å². The molecule has 0 aromatic heterocycles. The number of benzene rings is 1. The van der Waals surface area contributed by atoms with Crippen molar-refractivity contribution in [1.82, 2.24) is 15.1 Å². The van der Waals surface area contributed by atoms with Crippen molar-refractivity contribution in [3.8, 4) is 0 Å². The smallest absolute Gasteiger partial charge is 0.193 e. The normalized spacial score (nSPS) is 20.2. The summed E-state index contributed by atoms with van der Waals surface area (Å²) in [6.07, 6.45) is 5.39. The Hall–Kier alpha value is -1.08. The van der Waals surface area contributed by atoms with Crippen molar-refractivity contribution in [3.63, 3.8) is 0 Å². The third-order valence-electron chi connectivity index (χ3n) is 5.12. The molecule has 1 saturated heterocycles. The van der Waals surface area contributed by atoms with Gasteiger partial charge in [0.15, 0.2) is 5.96 Å². The quantitative estimate of drug-likeness (QED) is 0.186. The van der Waals surface area contributed by atoms with Gasteiger partial charge in [-0.25, -0.2) is 0 Å². The number of allylic oxidation sites excluding steroid dienone is 1. The molecule has 27 heavy (non-hydrogen) atoms. The van der Waals surface area contributed by atoms with Crippen LogP contribution < -0.4 is 5.32 Å². The van der Waals surface area contributed by atoms with Crippen LogP contribution in [0.1, 0.15) is 38.7 Å². The van der Waals surface area contributed by atoms with Crippen molar-refractivity contribution in [3.05, 3.63) is 48.6 Å². The summed E-state index contributed by atoms with van der Waals surface area (Å²) in [7, 11) is 2.13. The zero-order chi connectivity index (χ0) is 18.8. The van der Waals surface area contributed by atoms with E-state index in [9.17, 15) is 0 Å². The average molecular weight is 484 g/mol. The number of hydrogen-bond donors (Lipinski definition) is 1. The molecule has 1 aromatic carbocycles. The summed E-state index contributed by atoms with van der Waals surface area (Å²) in [6, 6.07) is 11.4. The van der Waals surface area contributed by atoms with E-state index in [4.69, 9.17) is 4.99 Å². The van der Waals surface area contributed by atoms with E-state index in [-0.39, 0.29) is 24.0 Å². The summed E-state index contributed by atoms with van der Waals surface area (Å²) in [4.78, 5) is 9.77. The first-order valence-electron chi connectivity index (χ1n) is 10.0. The molecule has 152 valence electrons. The van der Waals surface area contributed by atoms with E-state index in [1.54, 1.807) is 0 Å². The van der Waals surface area contributed by atoms with Crippen LogP contribution in [0.4, 0.5) is 0 Å². The third kappa shape index (κ3) is 8.21. The molecule has 1 fully saturated rings. The van der Waals surface area contributed by atoms with E-state index in [0.717, 1.165) is 51.5 Å². The third-order valence-corrected chi connectivity index (χ3v) is 5.12. The summed E-state index contributed by atoms with van der Waals surface area (Å²) in [5, 5.41) is 3.43. The number of nitrogens with one attached hydrogen (secondary N) is 1. The first kappa shape index (κ1) is 24.0. The van der Waals surface area contributed by atoms with E-state index in [1.807, 2.05) is 6.08 Å². The van der Waals surface area contributed by atoms with Gasteiger partial charge in [-0.3, -0.25) is 9.89 Å². The second-order valence-electron chi connectivity index (χ2n) is 7.41. The molecule has 0 spiro atoms. The van der Waals surface area contributed by atoms with Crippen molar-refractivity contribution in [2.45, 2.75) is 45.7 Å². The fourth-order valence-electron chi connectivity index (χ4n) is 3.65. The number of guanidine groups is 1. The first-order chi connectivity index (χ1) is 12.6. The summed E-state index contributed by atoms with van der Waals surface area (Å²) < 4.78 is 0. The number of halogens is 1. The summed E-state index contributed by atoms with van der Waals surface area (Å²) in [5.41, 5.74) is 1.40. The van der Waals surface area contributed by atoms with Crippen LogP contribution >= 0.6 is 24.0 Å². The predicted molar refractivity (Wildman–Crippen MR) is 128 cm³/mol. The largest absolute Gasteiger partial charge is 0.357 e. The van der Waals surface area contributed by atoms with Crippen LogP contribution in [-0.4, -0.2) is 55.0 Å². The molecule has 1 aromatic rings. The molecule has 2 atom stereocenters. The topological polar surface area (TPSA) is 30.9 Å². The van der Waals surface area contributed by atoms with Crippen LogP contribution in [0, 0.1) is 5.92 Å². The lowest BCUT2D eigenvalue weighted by molar-refractivity contribution is 0.256. The van der Waals surface area contributed by atoms with Gasteiger partial charge in [0.1, 0.15) is 0 Å². The monoisotopic (exact) mass is 484 g/mol. The van der Waals surface area contributed by atoms with Gasteiger partial charge in [0.05, 0.1) is 0 Å². The lowest BCUT2D eigenvalue weighted by Crippen LogP contribution is -2.39. The first-order valence-corrected chi connectivity index (χ1v) is 10.0. The highest BCUT2D eigenvalue weighted by Gasteiger charge is 2.28. The molecule has 1 N–H and O–H groups in total. The van der Waals surface area contributed by atoms with Gasteiger partial charge in [0.25, 0.3) is 0 Å². The SMILES string of the molecule is C=CCCCN(C)C(=NCC1CC(C)N(Cc2ccccc2)C1)NCC.I. The molecule has 1 aliphatic rings. The summed E-state index contributed by atoms with van der Waals surface area (Å²) in [5.74, 6) is 1.68. The highest BCUT2D eigenvalue weighted by molar-refractivity contribution is 14.0. The minimum Gasteiger partial charge on any atom is -0.357 e. The molecule has 0 amide bonds. The molecule has 2 unspecified atom stereocenters. The second kappa shape index (κ2) is 13.2. The minimum atomic E-state index is 0. The number of hydrogen-bond acceptors (Lipinski definition) is 2. The van der Waals surface area contributed by atoms with Crippen LogP contribution in [0.5, 0.6) is 0 Å². The van der Waals surface area contributed by atoms with Gasteiger partial charge in [-0.15, -0.1) is 30.6 Å². The number of unbranched alkanes of at least 4 members (excludes halogenated alkanes) is 1. The Balaban J connectivity index is 0.00000364. The van der Waals surface area contributed by atoms with Crippen molar-refractivity contribution < 1.29 is 0 Å². The molecule has 4 nitrogen and oxygen atoms in total. The zero-order valence-electron chi connectivity index (χ0n) is 17.2. The molecule has 2 rings (SSSR count). The fraction of sp³-hybridized carbons (Fsp3) is 0.591. The number of likely N-dealkylation sites (tertiary alicyclic amines) is 1. The zero-order valence-corrected chi connectivity index (χ0v) is 19.6. The van der Waals surface area contributed by atoms with Crippen LogP contribution in [0.15, 0.2) is 48.0 Å². The van der Waals surface area contributed by atoms with Crippen molar-refractivity contribution in [2.24, 2.45) is 10.9 Å². The molecule has 0 saturated carbocycles. The lowest BCUT2D eigenvalue weighted by atomic mass is 10.1. The average Bonchev–Trinajstić information content (AvgIpc) is 2.99. The van der Waals surface area contributed by atoms with E-state index < -0.39 is 0 Å². The molecule has 1 aliphatic heterocycles. The number of rotatable bonds is 9. The maximum atomic E-state index is 4.93. The molecule has 0 radical (unpaired) electrons. The van der Waals surface area contributed by atoms with Gasteiger partial charge in [0.2, 0.25) is 0 Å². The Morgan fingerprint density at radius 3 is 2.78 bits per heavy atom. The highest BCUT2D eigenvalue weighted by atomic mass is 127. The molecular formula is C22H37IN4. The van der Waals surface area contributed by atoms with Gasteiger partial charge >= 0.3 is 0 Å². The van der Waals surface area contributed by atoms with E-state index in [0.29, 0.717) is 12.0 Å². The Morgan fingerprint density at radius 1 is 1.37 bits per heavy atom. The molecule has 0 bridgehead atoms. The van der Waals surface area contributed by atoms with Crippen LogP contribution in [0.2, 0.25) is 0 Å². The van der Waals surface area contributed by atoms with E-state index in [1.165, 1.54) is 12.0 Å². The number of nitrogens with zero attached hydrogens (tertiary/aromatic N) is 3. The highest BCUT2D eigenvalue weighted by Crippen LogP contribution is 2.25. The van der Waals surface area contributed by atoms with Crippen LogP contribution in [-0.2, 0) is 6.54 Å². The summed E-state index contributed by atoms with van der Waals surface area (Å²) in [6.45, 7) is 13.3. The fourth-order valence-corrected chi connectivity index (χ4v) is 3.65. The predicted octanol–water partition coefficient (Wildman–Crippen LogP) is 4.38. The van der Waals surface area contributed by atoms with Gasteiger partial charge in [-0.2, -0.15) is 0 Å². The Morgan fingerprint density at radius 2 is 2.11 bits per heavy atom. The van der Waals surface area contributed by atoms with Crippen molar-refractivity contribution in [2.75, 3.05) is 33.2 Å². The van der Waals surface area contributed by atoms with Gasteiger partial charge in [0, 0.05) is 45.8 Å². The van der Waals surface area contributed by atoms with Crippen molar-refractivity contribution in [1.29, 1.82) is 0 Å². The second-order valence-corrected chi connectivity index (χ2v) is 7.41. The van der Waals surface area contributed by atoms with Crippen molar-refractivity contribution >= 4 is 29.9 Å². The maximum Gasteiger partial charge on any atom is 0.193 e. The Kier molecular flexibility index (Phi) is 11.7. The maximum absolute atomic E-state index is 4.93. The van der Waals surface area contributed by atoms with Crippen LogP contribution in [0.25, 0.3) is 0 Å². The summed E-state index contributed by atoms with van der Waals surface area (Å²) >= 11 is 0. The van der Waals surface area contributed by atoms with E-state index in [2.05, 4.69) is 72.9 Å².